The fourth-order valence-corrected chi connectivity index (χ4v) is 2.29. The van der Waals surface area contributed by atoms with E-state index in [2.05, 4.69) is 4.90 Å². The van der Waals surface area contributed by atoms with Crippen LogP contribution in [0.1, 0.15) is 32.1 Å². The van der Waals surface area contributed by atoms with Gasteiger partial charge in [0.15, 0.2) is 0 Å². The molecule has 2 aliphatic rings. The summed E-state index contributed by atoms with van der Waals surface area (Å²) >= 11 is 0. The predicted molar refractivity (Wildman–Crippen MR) is 57.0 cm³/mol. The molecule has 2 rings (SSSR count). The Balaban J connectivity index is 1.69. The quantitative estimate of drug-likeness (QED) is 0.694. The molecule has 1 saturated carbocycles. The zero-order valence-electron chi connectivity index (χ0n) is 8.91. The number of hydrogen-bond donors (Lipinski definition) is 2. The van der Waals surface area contributed by atoms with Crippen molar-refractivity contribution in [1.29, 1.82) is 0 Å². The standard InChI is InChI=1S/C11H22N2O/c12-11(3-4-11)5-7-13-6-1-2-10(8-13)9-14/h10,14H,1-9,12H2. The fraction of sp³-hybridized carbons (Fsp3) is 1.00. The molecule has 1 atom stereocenters. The molecule has 0 spiro atoms. The molecule has 0 radical (unpaired) electrons. The summed E-state index contributed by atoms with van der Waals surface area (Å²) < 4.78 is 0. The van der Waals surface area contributed by atoms with Crippen molar-refractivity contribution in [3.05, 3.63) is 0 Å². The van der Waals surface area contributed by atoms with Gasteiger partial charge in [0.2, 0.25) is 0 Å². The molecule has 0 aromatic heterocycles. The molecule has 3 N–H and O–H groups in total. The van der Waals surface area contributed by atoms with Crippen LogP contribution in [0.2, 0.25) is 0 Å². The van der Waals surface area contributed by atoms with Crippen LogP contribution in [0, 0.1) is 5.92 Å². The maximum atomic E-state index is 9.10. The van der Waals surface area contributed by atoms with E-state index in [0.29, 0.717) is 12.5 Å². The number of piperidine rings is 1. The largest absolute Gasteiger partial charge is 0.396 e. The summed E-state index contributed by atoms with van der Waals surface area (Å²) in [6, 6.07) is 0. The van der Waals surface area contributed by atoms with Crippen LogP contribution in [0.15, 0.2) is 0 Å². The Bertz CT molecular complexity index is 192. The van der Waals surface area contributed by atoms with Gasteiger partial charge in [-0.25, -0.2) is 0 Å². The molecular formula is C11H22N2O. The van der Waals surface area contributed by atoms with Crippen molar-refractivity contribution in [3.8, 4) is 0 Å². The molecular weight excluding hydrogens is 176 g/mol. The van der Waals surface area contributed by atoms with E-state index in [1.165, 1.54) is 32.2 Å². The second-order valence-corrected chi connectivity index (χ2v) is 5.10. The molecule has 2 fully saturated rings. The summed E-state index contributed by atoms with van der Waals surface area (Å²) in [6.07, 6.45) is 6.00. The summed E-state index contributed by atoms with van der Waals surface area (Å²) in [5.41, 5.74) is 6.24. The molecule has 1 heterocycles. The number of likely N-dealkylation sites (tertiary alicyclic amines) is 1. The molecule has 1 saturated heterocycles. The molecule has 3 heteroatoms. The minimum Gasteiger partial charge on any atom is -0.396 e. The van der Waals surface area contributed by atoms with Crippen LogP contribution in [0.4, 0.5) is 0 Å². The SMILES string of the molecule is NC1(CCN2CCCC(CO)C2)CC1. The average molecular weight is 198 g/mol. The monoisotopic (exact) mass is 198 g/mol. The van der Waals surface area contributed by atoms with Gasteiger partial charge in [-0.15, -0.1) is 0 Å². The molecule has 82 valence electrons. The van der Waals surface area contributed by atoms with Gasteiger partial charge in [-0.2, -0.15) is 0 Å². The third-order valence-corrected chi connectivity index (χ3v) is 3.68. The molecule has 14 heavy (non-hydrogen) atoms. The highest BCUT2D eigenvalue weighted by Crippen LogP contribution is 2.35. The van der Waals surface area contributed by atoms with Crippen LogP contribution in [-0.2, 0) is 0 Å². The number of nitrogens with two attached hydrogens (primary N) is 1. The molecule has 0 aromatic rings. The molecule has 0 amide bonds. The Morgan fingerprint density at radius 2 is 2.21 bits per heavy atom. The van der Waals surface area contributed by atoms with Crippen molar-refractivity contribution in [2.75, 3.05) is 26.2 Å². The van der Waals surface area contributed by atoms with Crippen LogP contribution >= 0.6 is 0 Å². The molecule has 0 aromatic carbocycles. The summed E-state index contributed by atoms with van der Waals surface area (Å²) in [4.78, 5) is 2.47. The van der Waals surface area contributed by atoms with Gasteiger partial charge < -0.3 is 15.7 Å². The predicted octanol–water partition coefficient (Wildman–Crippen LogP) is 0.572. The lowest BCUT2D eigenvalue weighted by atomic mass is 9.98. The van der Waals surface area contributed by atoms with E-state index in [1.807, 2.05) is 0 Å². The lowest BCUT2D eigenvalue weighted by Crippen LogP contribution is -2.39. The highest BCUT2D eigenvalue weighted by molar-refractivity contribution is 4.99. The average Bonchev–Trinajstić information content (AvgIpc) is 2.95. The fourth-order valence-electron chi connectivity index (χ4n) is 2.29. The van der Waals surface area contributed by atoms with Gasteiger partial charge in [-0.1, -0.05) is 0 Å². The first kappa shape index (κ1) is 10.4. The maximum absolute atomic E-state index is 9.10. The normalized spacial score (nSPS) is 31.7. The molecule has 1 unspecified atom stereocenters. The van der Waals surface area contributed by atoms with Crippen molar-refractivity contribution in [3.63, 3.8) is 0 Å². The molecule has 0 bridgehead atoms. The smallest absolute Gasteiger partial charge is 0.0471 e. The number of aliphatic hydroxyl groups excluding tert-OH is 1. The minimum absolute atomic E-state index is 0.187. The first-order chi connectivity index (χ1) is 6.72. The van der Waals surface area contributed by atoms with Gasteiger partial charge in [0, 0.05) is 18.7 Å². The Kier molecular flexibility index (Phi) is 3.10. The zero-order chi connectivity index (χ0) is 10.0. The number of nitrogens with zero attached hydrogens (tertiary/aromatic N) is 1. The van der Waals surface area contributed by atoms with Crippen LogP contribution < -0.4 is 5.73 Å². The van der Waals surface area contributed by atoms with E-state index in [4.69, 9.17) is 10.8 Å². The van der Waals surface area contributed by atoms with E-state index in [9.17, 15) is 0 Å². The van der Waals surface area contributed by atoms with Crippen LogP contribution in [0.3, 0.4) is 0 Å². The Morgan fingerprint density at radius 3 is 2.86 bits per heavy atom. The van der Waals surface area contributed by atoms with Crippen molar-refractivity contribution < 1.29 is 5.11 Å². The minimum atomic E-state index is 0.187. The van der Waals surface area contributed by atoms with E-state index in [1.54, 1.807) is 0 Å². The lowest BCUT2D eigenvalue weighted by molar-refractivity contribution is 0.117. The summed E-state index contributed by atoms with van der Waals surface area (Å²) in [7, 11) is 0. The molecule has 1 aliphatic heterocycles. The highest BCUT2D eigenvalue weighted by atomic mass is 16.3. The summed E-state index contributed by atoms with van der Waals surface area (Å²) in [6.45, 7) is 3.76. The molecule has 3 nitrogen and oxygen atoms in total. The zero-order valence-corrected chi connectivity index (χ0v) is 8.91. The highest BCUT2D eigenvalue weighted by Gasteiger charge is 2.38. The van der Waals surface area contributed by atoms with Crippen LogP contribution in [0.25, 0.3) is 0 Å². The van der Waals surface area contributed by atoms with Gasteiger partial charge in [-0.05, 0) is 51.1 Å². The Hall–Kier alpha value is -0.120. The van der Waals surface area contributed by atoms with E-state index in [-0.39, 0.29) is 5.54 Å². The van der Waals surface area contributed by atoms with Gasteiger partial charge >= 0.3 is 0 Å². The van der Waals surface area contributed by atoms with Crippen molar-refractivity contribution in [1.82, 2.24) is 4.90 Å². The third kappa shape index (κ3) is 2.69. The van der Waals surface area contributed by atoms with Crippen LogP contribution in [0.5, 0.6) is 0 Å². The Labute approximate surface area is 86.3 Å². The van der Waals surface area contributed by atoms with Gasteiger partial charge in [0.1, 0.15) is 0 Å². The second kappa shape index (κ2) is 4.17. The third-order valence-electron chi connectivity index (χ3n) is 3.68. The van der Waals surface area contributed by atoms with E-state index in [0.717, 1.165) is 19.5 Å². The summed E-state index contributed by atoms with van der Waals surface area (Å²) in [5.74, 6) is 0.511. The number of rotatable bonds is 4. The van der Waals surface area contributed by atoms with Gasteiger partial charge in [0.05, 0.1) is 0 Å². The van der Waals surface area contributed by atoms with Crippen molar-refractivity contribution >= 4 is 0 Å². The van der Waals surface area contributed by atoms with Crippen LogP contribution in [-0.4, -0.2) is 41.8 Å². The van der Waals surface area contributed by atoms with Crippen molar-refractivity contribution in [2.24, 2.45) is 11.7 Å². The lowest BCUT2D eigenvalue weighted by Gasteiger charge is -2.32. The first-order valence-corrected chi connectivity index (χ1v) is 5.84. The summed E-state index contributed by atoms with van der Waals surface area (Å²) in [5, 5.41) is 9.10. The molecule has 1 aliphatic carbocycles. The second-order valence-electron chi connectivity index (χ2n) is 5.10. The Morgan fingerprint density at radius 1 is 1.43 bits per heavy atom. The van der Waals surface area contributed by atoms with E-state index < -0.39 is 0 Å². The van der Waals surface area contributed by atoms with Crippen molar-refractivity contribution in [2.45, 2.75) is 37.6 Å². The van der Waals surface area contributed by atoms with Gasteiger partial charge in [-0.3, -0.25) is 0 Å². The van der Waals surface area contributed by atoms with E-state index >= 15 is 0 Å². The number of hydrogen-bond acceptors (Lipinski definition) is 3. The number of aliphatic hydroxyl groups is 1. The topological polar surface area (TPSA) is 49.5 Å². The maximum Gasteiger partial charge on any atom is 0.0471 e. The van der Waals surface area contributed by atoms with Gasteiger partial charge in [0.25, 0.3) is 0 Å². The first-order valence-electron chi connectivity index (χ1n) is 5.84.